The Bertz CT molecular complexity index is 1250. The number of hydrogen-bond acceptors (Lipinski definition) is 6. The summed E-state index contributed by atoms with van der Waals surface area (Å²) in [5.74, 6) is 0.660. The van der Waals surface area contributed by atoms with E-state index in [1.54, 1.807) is 0 Å². The minimum atomic E-state index is -0.552. The Morgan fingerprint density at radius 1 is 0.848 bits per heavy atom. The lowest BCUT2D eigenvalue weighted by Crippen LogP contribution is -2.54. The molecule has 0 aromatic heterocycles. The van der Waals surface area contributed by atoms with Gasteiger partial charge in [-0.05, 0) is 88.4 Å². The van der Waals surface area contributed by atoms with Gasteiger partial charge in [0.05, 0.1) is 12.0 Å². The lowest BCUT2D eigenvalue weighted by Gasteiger charge is -2.41. The van der Waals surface area contributed by atoms with Crippen LogP contribution in [0, 0.1) is 11.8 Å². The number of amides is 3. The third kappa shape index (κ3) is 6.71. The Balaban J connectivity index is 1.19. The van der Waals surface area contributed by atoms with Crippen LogP contribution in [0.1, 0.15) is 76.2 Å². The van der Waals surface area contributed by atoms with E-state index in [0.29, 0.717) is 56.2 Å². The number of carbonyl (C=O) groups is 3. The Hall–Kier alpha value is -2.20. The Morgan fingerprint density at radius 3 is 2.22 bits per heavy atom. The lowest BCUT2D eigenvalue weighted by molar-refractivity contribution is -0.148. The van der Waals surface area contributed by atoms with Crippen molar-refractivity contribution in [2.24, 2.45) is 11.8 Å². The van der Waals surface area contributed by atoms with Crippen LogP contribution in [0.4, 0.5) is 0 Å². The van der Waals surface area contributed by atoms with E-state index in [1.807, 2.05) is 21.9 Å². The van der Waals surface area contributed by atoms with Crippen LogP contribution in [-0.4, -0.2) is 132 Å². The zero-order chi connectivity index (χ0) is 31.9. The summed E-state index contributed by atoms with van der Waals surface area (Å²) in [6, 6.07) is 7.91. The second-order valence-corrected chi connectivity index (χ2v) is 15.6. The van der Waals surface area contributed by atoms with Crippen LogP contribution in [0.3, 0.4) is 0 Å². The van der Waals surface area contributed by atoms with Crippen LogP contribution in [0.5, 0.6) is 0 Å². The van der Waals surface area contributed by atoms with Gasteiger partial charge in [-0.25, -0.2) is 0 Å². The molecule has 0 unspecified atom stereocenters. The maximum absolute atomic E-state index is 14.9. The largest absolute Gasteiger partial charge is 0.368 e. The molecule has 3 amide bonds. The Kier molecular flexibility index (Phi) is 9.66. The van der Waals surface area contributed by atoms with Gasteiger partial charge in [0.1, 0.15) is 12.1 Å². The molecule has 0 radical (unpaired) electrons. The zero-order valence-electron chi connectivity index (χ0n) is 27.7. The van der Waals surface area contributed by atoms with Gasteiger partial charge in [0.25, 0.3) is 5.91 Å². The molecular formula is C36H52ClN5O4. The first kappa shape index (κ1) is 32.4. The highest BCUT2D eigenvalue weighted by Gasteiger charge is 2.51. The van der Waals surface area contributed by atoms with Crippen molar-refractivity contribution in [1.82, 2.24) is 24.5 Å². The highest BCUT2D eigenvalue weighted by molar-refractivity contribution is 6.30. The Morgan fingerprint density at radius 2 is 1.57 bits per heavy atom. The van der Waals surface area contributed by atoms with Gasteiger partial charge in [-0.3, -0.25) is 19.3 Å². The number of carbonyl (C=O) groups excluding carboxylic acids is 3. The van der Waals surface area contributed by atoms with Gasteiger partial charge >= 0.3 is 0 Å². The number of likely N-dealkylation sites (tertiary alicyclic amines) is 2. The molecule has 4 saturated heterocycles. The summed E-state index contributed by atoms with van der Waals surface area (Å²) < 4.78 is 5.95. The average molecular weight is 654 g/mol. The number of rotatable bonds is 7. The first-order chi connectivity index (χ1) is 22.3. The summed E-state index contributed by atoms with van der Waals surface area (Å²) in [7, 11) is 2.09. The molecule has 6 aliphatic rings. The topological polar surface area (TPSA) is 76.6 Å². The molecule has 0 spiro atoms. The minimum absolute atomic E-state index is 0.0471. The third-order valence-electron chi connectivity index (χ3n) is 11.9. The van der Waals surface area contributed by atoms with Crippen LogP contribution in [-0.2, 0) is 19.1 Å². The molecule has 6 fully saturated rings. The molecule has 7 rings (SSSR count). The molecule has 5 atom stereocenters. The van der Waals surface area contributed by atoms with E-state index in [1.165, 1.54) is 12.8 Å². The van der Waals surface area contributed by atoms with Crippen molar-refractivity contribution in [3.63, 3.8) is 0 Å². The molecule has 2 saturated carbocycles. The van der Waals surface area contributed by atoms with Gasteiger partial charge in [-0.15, -0.1) is 0 Å². The number of nitrogens with zero attached hydrogens (tertiary/aromatic N) is 5. The molecule has 4 heterocycles. The fourth-order valence-electron chi connectivity index (χ4n) is 8.93. The molecular weight excluding hydrogens is 602 g/mol. The maximum Gasteiger partial charge on any atom is 0.252 e. The third-order valence-corrected chi connectivity index (χ3v) is 12.2. The number of benzene rings is 1. The van der Waals surface area contributed by atoms with E-state index in [9.17, 15) is 14.4 Å². The molecule has 9 nitrogen and oxygen atoms in total. The molecule has 10 heteroatoms. The SMILES string of the molecule is CC1CCC(N(C(=O)[C@@H]2CCCO2)[C@H]2C[C@@H](C(=O)N3CCN(C)CC3)N(C(=O)[C@H]3CN(C4CC4)C[C@H]3c3ccc(Cl)cc3)C2)CC1. The summed E-state index contributed by atoms with van der Waals surface area (Å²) in [4.78, 5) is 54.3. The van der Waals surface area contributed by atoms with Crippen LogP contribution >= 0.6 is 11.6 Å². The van der Waals surface area contributed by atoms with Crippen molar-refractivity contribution >= 4 is 29.3 Å². The summed E-state index contributed by atoms with van der Waals surface area (Å²) in [6.45, 7) is 7.90. The maximum atomic E-state index is 14.9. The number of halogens is 1. The van der Waals surface area contributed by atoms with E-state index in [0.717, 1.165) is 63.7 Å². The second kappa shape index (κ2) is 13.7. The van der Waals surface area contributed by atoms with Crippen molar-refractivity contribution in [2.45, 2.75) is 101 Å². The van der Waals surface area contributed by atoms with Gasteiger partial charge in [0.2, 0.25) is 11.8 Å². The predicted molar refractivity (Wildman–Crippen MR) is 178 cm³/mol. The average Bonchev–Trinajstić information content (AvgIpc) is 3.42. The van der Waals surface area contributed by atoms with Gasteiger partial charge in [-0.1, -0.05) is 30.7 Å². The first-order valence-corrected chi connectivity index (χ1v) is 18.4. The van der Waals surface area contributed by atoms with Crippen LogP contribution in [0.25, 0.3) is 0 Å². The molecule has 1 aromatic carbocycles. The van der Waals surface area contributed by atoms with Crippen molar-refractivity contribution < 1.29 is 19.1 Å². The Labute approximate surface area is 279 Å². The van der Waals surface area contributed by atoms with Crippen molar-refractivity contribution in [3.05, 3.63) is 34.9 Å². The van der Waals surface area contributed by atoms with E-state index < -0.39 is 12.1 Å². The number of hydrogen-bond donors (Lipinski definition) is 0. The second-order valence-electron chi connectivity index (χ2n) is 15.1. The molecule has 252 valence electrons. The highest BCUT2D eigenvalue weighted by atomic mass is 35.5. The lowest BCUT2D eigenvalue weighted by atomic mass is 9.85. The number of piperazine rings is 1. The summed E-state index contributed by atoms with van der Waals surface area (Å²) in [5.41, 5.74) is 1.13. The quantitative estimate of drug-likeness (QED) is 0.445. The minimum Gasteiger partial charge on any atom is -0.368 e. The van der Waals surface area contributed by atoms with Crippen molar-refractivity contribution in [3.8, 4) is 0 Å². The molecule has 0 bridgehead atoms. The number of ether oxygens (including phenoxy) is 1. The monoisotopic (exact) mass is 653 g/mol. The summed E-state index contributed by atoms with van der Waals surface area (Å²) in [5, 5.41) is 0.692. The van der Waals surface area contributed by atoms with Gasteiger partial charge in [-0.2, -0.15) is 0 Å². The van der Waals surface area contributed by atoms with Gasteiger partial charge in [0.15, 0.2) is 0 Å². The van der Waals surface area contributed by atoms with Gasteiger partial charge < -0.3 is 24.3 Å². The van der Waals surface area contributed by atoms with E-state index in [2.05, 4.69) is 40.8 Å². The normalized spacial score (nSPS) is 34.3. The van der Waals surface area contributed by atoms with Crippen LogP contribution < -0.4 is 0 Å². The molecule has 4 aliphatic heterocycles. The molecule has 0 N–H and O–H groups in total. The first-order valence-electron chi connectivity index (χ1n) is 18.0. The van der Waals surface area contributed by atoms with E-state index in [4.69, 9.17) is 16.3 Å². The standard InChI is InChI=1S/C36H52ClN5O4/c1-24-5-11-28(12-6-24)42(36(45)33-4-3-19-46-33)29-20-32(35(44)39-17-15-38(2)16-18-39)41(21-29)34(43)31-23-40(27-13-14-27)22-30(31)25-7-9-26(37)10-8-25/h7-10,24,27-33H,3-6,11-23H2,1-2H3/t24?,28?,29-,30-,31-,32-,33-/m0/s1. The fourth-order valence-corrected chi connectivity index (χ4v) is 9.06. The summed E-state index contributed by atoms with van der Waals surface area (Å²) >= 11 is 6.27. The molecule has 46 heavy (non-hydrogen) atoms. The van der Waals surface area contributed by atoms with E-state index in [-0.39, 0.29) is 41.6 Å². The van der Waals surface area contributed by atoms with Gasteiger partial charge in [0, 0.05) is 75.4 Å². The van der Waals surface area contributed by atoms with E-state index >= 15 is 0 Å². The zero-order valence-corrected chi connectivity index (χ0v) is 28.5. The van der Waals surface area contributed by atoms with Crippen LogP contribution in [0.2, 0.25) is 5.02 Å². The smallest absolute Gasteiger partial charge is 0.252 e. The fraction of sp³-hybridized carbons (Fsp3) is 0.750. The van der Waals surface area contributed by atoms with Crippen LogP contribution in [0.15, 0.2) is 24.3 Å². The molecule has 2 aliphatic carbocycles. The predicted octanol–water partition coefficient (Wildman–Crippen LogP) is 3.85. The number of likely N-dealkylation sites (N-methyl/N-ethyl adjacent to an activating group) is 1. The highest BCUT2D eigenvalue weighted by Crippen LogP contribution is 2.42. The van der Waals surface area contributed by atoms with Crippen molar-refractivity contribution in [2.75, 3.05) is 59.5 Å². The van der Waals surface area contributed by atoms with Crippen molar-refractivity contribution in [1.29, 1.82) is 0 Å². The molecule has 1 aromatic rings. The summed E-state index contributed by atoms with van der Waals surface area (Å²) in [6.07, 6.45) is 8.25.